The van der Waals surface area contributed by atoms with E-state index >= 15 is 0 Å². The van der Waals surface area contributed by atoms with Crippen molar-refractivity contribution in [2.75, 3.05) is 23.9 Å². The summed E-state index contributed by atoms with van der Waals surface area (Å²) in [6, 6.07) is 17.7. The van der Waals surface area contributed by atoms with Crippen molar-refractivity contribution >= 4 is 80.8 Å². The number of amides is 2. The van der Waals surface area contributed by atoms with Crippen LogP contribution in [0.5, 0.6) is 11.5 Å². The summed E-state index contributed by atoms with van der Waals surface area (Å²) in [4.78, 5) is 27.3. The lowest BCUT2D eigenvalue weighted by molar-refractivity contribution is -0.118. The third-order valence-electron chi connectivity index (χ3n) is 5.16. The minimum absolute atomic E-state index is 0.213. The second-order valence-electron chi connectivity index (χ2n) is 7.69. The molecule has 3 aromatic carbocycles. The lowest BCUT2D eigenvalue weighted by Crippen LogP contribution is -2.27. The summed E-state index contributed by atoms with van der Waals surface area (Å²) in [6.07, 6.45) is 1.69. The summed E-state index contributed by atoms with van der Waals surface area (Å²) in [5.74, 6) is -0.0788. The van der Waals surface area contributed by atoms with Crippen molar-refractivity contribution in [2.45, 2.75) is 6.92 Å². The van der Waals surface area contributed by atoms with Gasteiger partial charge >= 0.3 is 0 Å². The molecular formula is C26H20Cl2N2O4S2. The number of halogens is 2. The van der Waals surface area contributed by atoms with Gasteiger partial charge in [0.25, 0.3) is 11.8 Å². The lowest BCUT2D eigenvalue weighted by Gasteiger charge is -2.14. The second-order valence-corrected chi connectivity index (χ2v) is 10.2. The van der Waals surface area contributed by atoms with Crippen molar-refractivity contribution in [2.24, 2.45) is 0 Å². The molecule has 0 atom stereocenters. The lowest BCUT2D eigenvalue weighted by atomic mass is 10.1. The Morgan fingerprint density at radius 3 is 2.56 bits per heavy atom. The predicted octanol–water partition coefficient (Wildman–Crippen LogP) is 6.73. The number of thiocarbonyl (C=S) groups is 1. The summed E-state index contributed by atoms with van der Waals surface area (Å²) in [7, 11) is 1.46. The first-order chi connectivity index (χ1) is 17.3. The van der Waals surface area contributed by atoms with Crippen LogP contribution in [0.2, 0.25) is 10.0 Å². The van der Waals surface area contributed by atoms with E-state index in [9.17, 15) is 9.59 Å². The van der Waals surface area contributed by atoms with Crippen LogP contribution in [0.25, 0.3) is 6.08 Å². The number of nitrogens with zero attached hydrogens (tertiary/aromatic N) is 1. The molecule has 10 heteroatoms. The van der Waals surface area contributed by atoms with Crippen molar-refractivity contribution < 1.29 is 19.1 Å². The van der Waals surface area contributed by atoms with Crippen LogP contribution in [0.4, 0.5) is 11.4 Å². The van der Waals surface area contributed by atoms with Gasteiger partial charge in [-0.15, -0.1) is 0 Å². The van der Waals surface area contributed by atoms with Crippen molar-refractivity contribution in [1.29, 1.82) is 0 Å². The van der Waals surface area contributed by atoms with Gasteiger partial charge in [-0.2, -0.15) is 0 Å². The van der Waals surface area contributed by atoms with Crippen LogP contribution in [0, 0.1) is 6.92 Å². The number of carbonyl (C=O) groups is 2. The standard InChI is InChI=1S/C26H20Cl2N2O4S2/c1-15-8-9-17(13-19(15)27)29-23(31)14-34-24-20(28)10-16(11-21(24)33-2)12-22-25(32)30(26(35)36-22)18-6-4-3-5-7-18/h3-13H,14H2,1-2H3,(H,29,31)/b22-12-. The monoisotopic (exact) mass is 558 g/mol. The molecular weight excluding hydrogens is 539 g/mol. The highest BCUT2D eigenvalue weighted by atomic mass is 35.5. The van der Waals surface area contributed by atoms with Gasteiger partial charge in [-0.05, 0) is 60.5 Å². The number of aryl methyl sites for hydroxylation is 1. The molecule has 3 aromatic rings. The molecule has 0 bridgehead atoms. The fourth-order valence-electron chi connectivity index (χ4n) is 3.39. The van der Waals surface area contributed by atoms with Crippen LogP contribution in [-0.4, -0.2) is 29.9 Å². The molecule has 36 heavy (non-hydrogen) atoms. The van der Waals surface area contributed by atoms with E-state index in [2.05, 4.69) is 5.32 Å². The first kappa shape index (κ1) is 26.0. The summed E-state index contributed by atoms with van der Waals surface area (Å²) >= 11 is 19.2. The molecule has 1 heterocycles. The topological polar surface area (TPSA) is 67.9 Å². The normalized spacial score (nSPS) is 14.3. The van der Waals surface area contributed by atoms with E-state index in [1.54, 1.807) is 30.3 Å². The Morgan fingerprint density at radius 1 is 1.11 bits per heavy atom. The molecule has 2 amide bonds. The highest BCUT2D eigenvalue weighted by molar-refractivity contribution is 8.27. The molecule has 0 radical (unpaired) electrons. The van der Waals surface area contributed by atoms with Crippen LogP contribution in [0.15, 0.2) is 65.6 Å². The number of benzene rings is 3. The van der Waals surface area contributed by atoms with Gasteiger partial charge < -0.3 is 14.8 Å². The number of hydrogen-bond acceptors (Lipinski definition) is 6. The number of hydrogen-bond donors (Lipinski definition) is 1. The summed E-state index contributed by atoms with van der Waals surface area (Å²) in [6.45, 7) is 1.58. The smallest absolute Gasteiger partial charge is 0.270 e. The van der Waals surface area contributed by atoms with E-state index < -0.39 is 0 Å². The summed E-state index contributed by atoms with van der Waals surface area (Å²) < 4.78 is 11.5. The van der Waals surface area contributed by atoms with E-state index in [4.69, 9.17) is 44.9 Å². The molecule has 0 aliphatic carbocycles. The highest BCUT2D eigenvalue weighted by Crippen LogP contribution is 2.40. The van der Waals surface area contributed by atoms with Crippen LogP contribution in [0.1, 0.15) is 11.1 Å². The first-order valence-electron chi connectivity index (χ1n) is 10.7. The zero-order chi connectivity index (χ0) is 25.8. The Hall–Kier alpha value is -3.04. The van der Waals surface area contributed by atoms with E-state index in [0.29, 0.717) is 36.9 Å². The molecule has 6 nitrogen and oxygen atoms in total. The molecule has 0 saturated carbocycles. The first-order valence-corrected chi connectivity index (χ1v) is 12.6. The van der Waals surface area contributed by atoms with Gasteiger partial charge in [-0.1, -0.05) is 71.4 Å². The van der Waals surface area contributed by atoms with E-state index in [-0.39, 0.29) is 29.2 Å². The maximum Gasteiger partial charge on any atom is 0.270 e. The maximum atomic E-state index is 13.0. The van der Waals surface area contributed by atoms with Gasteiger partial charge in [-0.25, -0.2) is 0 Å². The number of carbonyl (C=O) groups excluding carboxylic acids is 2. The van der Waals surface area contributed by atoms with Gasteiger partial charge in [0.05, 0.1) is 22.7 Å². The van der Waals surface area contributed by atoms with Crippen LogP contribution in [0.3, 0.4) is 0 Å². The van der Waals surface area contributed by atoms with Crippen molar-refractivity contribution in [3.05, 3.63) is 86.7 Å². The molecule has 184 valence electrons. The third-order valence-corrected chi connectivity index (χ3v) is 7.15. The minimum Gasteiger partial charge on any atom is -0.493 e. The number of thioether (sulfide) groups is 1. The Kier molecular flexibility index (Phi) is 8.21. The van der Waals surface area contributed by atoms with Gasteiger partial charge in [0.15, 0.2) is 22.4 Å². The number of nitrogens with one attached hydrogen (secondary N) is 1. The molecule has 4 rings (SSSR count). The van der Waals surface area contributed by atoms with E-state index in [1.165, 1.54) is 23.8 Å². The van der Waals surface area contributed by atoms with Crippen molar-refractivity contribution in [3.63, 3.8) is 0 Å². The zero-order valence-electron chi connectivity index (χ0n) is 19.2. The molecule has 1 saturated heterocycles. The number of rotatable bonds is 7. The number of ether oxygens (including phenoxy) is 2. The average molecular weight is 559 g/mol. The fourth-order valence-corrected chi connectivity index (χ4v) is 5.14. The summed E-state index contributed by atoms with van der Waals surface area (Å²) in [5.41, 5.74) is 2.79. The Labute approximate surface area is 228 Å². The second kappa shape index (κ2) is 11.3. The quantitative estimate of drug-likeness (QED) is 0.256. The van der Waals surface area contributed by atoms with Crippen molar-refractivity contribution in [3.8, 4) is 11.5 Å². The van der Waals surface area contributed by atoms with E-state index in [0.717, 1.165) is 5.56 Å². The molecule has 0 aromatic heterocycles. The number of anilines is 2. The molecule has 1 aliphatic rings. The molecule has 1 fully saturated rings. The minimum atomic E-state index is -0.387. The Bertz CT molecular complexity index is 1380. The molecule has 1 N–H and O–H groups in total. The van der Waals surface area contributed by atoms with Crippen LogP contribution < -0.4 is 19.7 Å². The highest BCUT2D eigenvalue weighted by Gasteiger charge is 2.33. The van der Waals surface area contributed by atoms with Gasteiger partial charge in [0, 0.05) is 10.7 Å². The van der Waals surface area contributed by atoms with Gasteiger partial charge in [-0.3, -0.25) is 14.5 Å². The largest absolute Gasteiger partial charge is 0.493 e. The Morgan fingerprint density at radius 2 is 1.86 bits per heavy atom. The van der Waals surface area contributed by atoms with Crippen molar-refractivity contribution in [1.82, 2.24) is 0 Å². The molecule has 0 spiro atoms. The maximum absolute atomic E-state index is 13.0. The third kappa shape index (κ3) is 5.84. The molecule has 1 aliphatic heterocycles. The van der Waals surface area contributed by atoms with E-state index in [1.807, 2.05) is 43.3 Å². The van der Waals surface area contributed by atoms with Gasteiger partial charge in [0.2, 0.25) is 0 Å². The Balaban J connectivity index is 1.49. The summed E-state index contributed by atoms with van der Waals surface area (Å²) in [5, 5.41) is 3.50. The number of methoxy groups -OCH3 is 1. The average Bonchev–Trinajstić information content (AvgIpc) is 3.13. The van der Waals surface area contributed by atoms with Crippen LogP contribution >= 0.6 is 47.2 Å². The fraction of sp³-hybridized carbons (Fsp3) is 0.115. The number of para-hydroxylation sites is 1. The zero-order valence-corrected chi connectivity index (χ0v) is 22.4. The van der Waals surface area contributed by atoms with Gasteiger partial charge in [0.1, 0.15) is 0 Å². The molecule has 0 unspecified atom stereocenters. The predicted molar refractivity (Wildman–Crippen MR) is 150 cm³/mol. The van der Waals surface area contributed by atoms with Crippen LogP contribution in [-0.2, 0) is 9.59 Å². The SMILES string of the molecule is COc1cc(/C=C2\SC(=S)N(c3ccccc3)C2=O)cc(Cl)c1OCC(=O)Nc1ccc(C)c(Cl)c1.